The van der Waals surface area contributed by atoms with Crippen LogP contribution in [-0.4, -0.2) is 27.2 Å². The number of hydrogen-bond donors (Lipinski definition) is 1. The van der Waals surface area contributed by atoms with E-state index in [-0.39, 0.29) is 24.8 Å². The average Bonchev–Trinajstić information content (AvgIpc) is 3.18. The Kier molecular flexibility index (Phi) is 5.52. The van der Waals surface area contributed by atoms with Gasteiger partial charge in [0.2, 0.25) is 5.91 Å². The predicted molar refractivity (Wildman–Crippen MR) is 91.2 cm³/mol. The molecule has 11 heteroatoms. The molecule has 1 N–H and O–H groups in total. The van der Waals surface area contributed by atoms with Crippen molar-refractivity contribution in [3.63, 3.8) is 0 Å². The van der Waals surface area contributed by atoms with Gasteiger partial charge in [-0.15, -0.1) is 0 Å². The number of amides is 1. The number of aryl methyl sites for hydroxylation is 1. The highest BCUT2D eigenvalue weighted by molar-refractivity contribution is 5.91. The van der Waals surface area contributed by atoms with Crippen molar-refractivity contribution in [1.29, 1.82) is 0 Å². The molecule has 8 nitrogen and oxygen atoms in total. The molecule has 0 saturated heterocycles. The van der Waals surface area contributed by atoms with Crippen LogP contribution in [0.4, 0.5) is 19.1 Å². The van der Waals surface area contributed by atoms with E-state index in [0.29, 0.717) is 12.1 Å². The van der Waals surface area contributed by atoms with Gasteiger partial charge in [-0.05, 0) is 37.5 Å². The summed E-state index contributed by atoms with van der Waals surface area (Å²) < 4.78 is 44.8. The van der Waals surface area contributed by atoms with E-state index in [9.17, 15) is 28.1 Å². The van der Waals surface area contributed by atoms with Gasteiger partial charge in [0.05, 0.1) is 6.07 Å². The molecule has 0 bridgehead atoms. The van der Waals surface area contributed by atoms with Crippen LogP contribution in [-0.2, 0) is 17.5 Å². The average molecular weight is 398 g/mol. The van der Waals surface area contributed by atoms with Crippen LogP contribution in [0.1, 0.15) is 42.3 Å². The largest absolute Gasteiger partial charge is 0.435 e. The van der Waals surface area contributed by atoms with Crippen LogP contribution in [0.5, 0.6) is 0 Å². The number of nitrogens with one attached hydrogen (secondary N) is 1. The number of halogens is 3. The molecule has 0 atom stereocenters. The van der Waals surface area contributed by atoms with Gasteiger partial charge in [0.15, 0.2) is 5.69 Å². The molecule has 2 heterocycles. The number of carbonyl (C=O) groups excluding carboxylic acids is 1. The number of nitrogens with zero attached hydrogens (tertiary/aromatic N) is 3. The van der Waals surface area contributed by atoms with E-state index >= 15 is 0 Å². The third kappa shape index (κ3) is 4.99. The van der Waals surface area contributed by atoms with E-state index in [2.05, 4.69) is 10.4 Å². The fraction of sp³-hybridized carbons (Fsp3) is 0.412. The lowest BCUT2D eigenvalue weighted by Gasteiger charge is -2.07. The highest BCUT2D eigenvalue weighted by atomic mass is 19.4. The van der Waals surface area contributed by atoms with Crippen LogP contribution in [0.3, 0.4) is 0 Å². The first-order valence-corrected chi connectivity index (χ1v) is 8.59. The van der Waals surface area contributed by atoms with Gasteiger partial charge in [0, 0.05) is 30.8 Å². The summed E-state index contributed by atoms with van der Waals surface area (Å²) in [7, 11) is 0. The van der Waals surface area contributed by atoms with E-state index in [1.54, 1.807) is 0 Å². The molecule has 1 amide bonds. The standard InChI is InChI=1S/C17H17F3N4O4/c18-17(19,20)14-10-13(11-2-3-11)23(22-14)9-1-8-21-15(25)6-4-12-5-7-16(28-12)24(26)27/h4-7,10-11H,1-3,8-9H2,(H,21,25)/b6-4+. The molecule has 0 aliphatic heterocycles. The Hall–Kier alpha value is -3.11. The number of rotatable bonds is 8. The Morgan fingerprint density at radius 2 is 2.18 bits per heavy atom. The van der Waals surface area contributed by atoms with Gasteiger partial charge in [-0.2, -0.15) is 18.3 Å². The third-order valence-electron chi connectivity index (χ3n) is 4.13. The van der Waals surface area contributed by atoms with E-state index in [1.807, 2.05) is 0 Å². The second-order valence-corrected chi connectivity index (χ2v) is 6.36. The van der Waals surface area contributed by atoms with Gasteiger partial charge in [0.25, 0.3) is 0 Å². The summed E-state index contributed by atoms with van der Waals surface area (Å²) in [4.78, 5) is 21.6. The van der Waals surface area contributed by atoms with Crippen molar-refractivity contribution in [3.8, 4) is 0 Å². The summed E-state index contributed by atoms with van der Waals surface area (Å²) in [6.45, 7) is 0.503. The summed E-state index contributed by atoms with van der Waals surface area (Å²) in [5.41, 5.74) is -0.313. The van der Waals surface area contributed by atoms with Crippen molar-refractivity contribution in [2.45, 2.75) is 37.9 Å². The molecule has 1 aliphatic carbocycles. The van der Waals surface area contributed by atoms with Crippen LogP contribution in [0.15, 0.2) is 28.7 Å². The number of hydrogen-bond acceptors (Lipinski definition) is 5. The topological polar surface area (TPSA) is 103 Å². The molecular weight excluding hydrogens is 381 g/mol. The van der Waals surface area contributed by atoms with Crippen molar-refractivity contribution < 1.29 is 27.3 Å². The van der Waals surface area contributed by atoms with Crippen LogP contribution in [0, 0.1) is 10.1 Å². The van der Waals surface area contributed by atoms with E-state index < -0.39 is 28.6 Å². The molecule has 2 aromatic rings. The first-order valence-electron chi connectivity index (χ1n) is 8.59. The first-order chi connectivity index (χ1) is 13.2. The number of aromatic nitrogens is 2. The van der Waals surface area contributed by atoms with Gasteiger partial charge < -0.3 is 9.73 Å². The Balaban J connectivity index is 1.47. The second-order valence-electron chi connectivity index (χ2n) is 6.36. The maximum absolute atomic E-state index is 12.8. The molecule has 3 rings (SSSR count). The minimum absolute atomic E-state index is 0.124. The number of alkyl halides is 3. The minimum atomic E-state index is -4.48. The molecule has 150 valence electrons. The van der Waals surface area contributed by atoms with Gasteiger partial charge in [0.1, 0.15) is 10.7 Å². The monoisotopic (exact) mass is 398 g/mol. The quantitative estimate of drug-likeness (QED) is 0.317. The van der Waals surface area contributed by atoms with Crippen molar-refractivity contribution in [3.05, 3.63) is 51.5 Å². The zero-order valence-corrected chi connectivity index (χ0v) is 14.6. The number of furan rings is 1. The molecule has 1 aliphatic rings. The van der Waals surface area contributed by atoms with Crippen LogP contribution in [0.2, 0.25) is 0 Å². The molecule has 0 aromatic carbocycles. The molecule has 28 heavy (non-hydrogen) atoms. The highest BCUT2D eigenvalue weighted by Gasteiger charge is 2.37. The first kappa shape index (κ1) is 19.6. The molecule has 1 saturated carbocycles. The lowest BCUT2D eigenvalue weighted by molar-refractivity contribution is -0.402. The third-order valence-corrected chi connectivity index (χ3v) is 4.13. The summed E-state index contributed by atoms with van der Waals surface area (Å²) in [6, 6.07) is 3.63. The van der Waals surface area contributed by atoms with Crippen molar-refractivity contribution in [2.75, 3.05) is 6.54 Å². The zero-order valence-electron chi connectivity index (χ0n) is 14.6. The van der Waals surface area contributed by atoms with Gasteiger partial charge >= 0.3 is 12.1 Å². The van der Waals surface area contributed by atoms with E-state index in [1.165, 1.54) is 22.9 Å². The molecule has 1 fully saturated rings. The SMILES string of the molecule is O=C(/C=C/c1ccc([N+](=O)[O-])o1)NCCCn1nc(C(F)(F)F)cc1C1CC1. The Bertz CT molecular complexity index is 897. The predicted octanol–water partition coefficient (Wildman–Crippen LogP) is 3.50. The van der Waals surface area contributed by atoms with Gasteiger partial charge in [-0.3, -0.25) is 19.6 Å². The van der Waals surface area contributed by atoms with Crippen molar-refractivity contribution >= 4 is 17.9 Å². The summed E-state index contributed by atoms with van der Waals surface area (Å²) >= 11 is 0. The molecule has 0 radical (unpaired) electrons. The fourth-order valence-corrected chi connectivity index (χ4v) is 2.64. The second kappa shape index (κ2) is 7.87. The zero-order chi connectivity index (χ0) is 20.3. The van der Waals surface area contributed by atoms with Gasteiger partial charge in [-0.25, -0.2) is 0 Å². The van der Waals surface area contributed by atoms with E-state index in [4.69, 9.17) is 4.42 Å². The van der Waals surface area contributed by atoms with Gasteiger partial charge in [-0.1, -0.05) is 0 Å². The van der Waals surface area contributed by atoms with E-state index in [0.717, 1.165) is 25.0 Å². The lowest BCUT2D eigenvalue weighted by atomic mass is 10.2. The Morgan fingerprint density at radius 1 is 1.43 bits per heavy atom. The lowest BCUT2D eigenvalue weighted by Crippen LogP contribution is -2.23. The summed E-state index contributed by atoms with van der Waals surface area (Å²) in [5, 5.41) is 16.7. The number of nitro groups is 1. The van der Waals surface area contributed by atoms with Crippen LogP contribution >= 0.6 is 0 Å². The molecule has 0 unspecified atom stereocenters. The smallest absolute Gasteiger partial charge is 0.401 e. The molecule has 0 spiro atoms. The minimum Gasteiger partial charge on any atom is -0.401 e. The molecule has 2 aromatic heterocycles. The fourth-order valence-electron chi connectivity index (χ4n) is 2.64. The normalized spacial score (nSPS) is 14.5. The highest BCUT2D eigenvalue weighted by Crippen LogP contribution is 2.42. The Labute approximate surface area is 157 Å². The maximum atomic E-state index is 12.8. The summed E-state index contributed by atoms with van der Waals surface area (Å²) in [6.07, 6.45) is 0.0920. The Morgan fingerprint density at radius 3 is 2.79 bits per heavy atom. The van der Waals surface area contributed by atoms with Crippen LogP contribution in [0.25, 0.3) is 6.08 Å². The molecular formula is C17H17F3N4O4. The maximum Gasteiger partial charge on any atom is 0.435 e. The number of carbonyl (C=O) groups is 1. The van der Waals surface area contributed by atoms with Crippen molar-refractivity contribution in [2.24, 2.45) is 0 Å². The van der Waals surface area contributed by atoms with Crippen molar-refractivity contribution in [1.82, 2.24) is 15.1 Å². The van der Waals surface area contributed by atoms with Crippen LogP contribution < -0.4 is 5.32 Å². The summed E-state index contributed by atoms with van der Waals surface area (Å²) in [5.74, 6) is -0.590.